The summed E-state index contributed by atoms with van der Waals surface area (Å²) >= 11 is 0. The van der Waals surface area contributed by atoms with E-state index in [1.165, 1.54) is 0 Å². The second-order valence-electron chi connectivity index (χ2n) is 4.72. The van der Waals surface area contributed by atoms with E-state index in [9.17, 15) is 0 Å². The van der Waals surface area contributed by atoms with E-state index in [0.717, 1.165) is 5.56 Å². The fraction of sp³-hybridized carbons (Fsp3) is 0. The molecule has 126 valence electrons. The van der Waals surface area contributed by atoms with Gasteiger partial charge in [0.1, 0.15) is 0 Å². The maximum atomic E-state index is 3.72. The predicted molar refractivity (Wildman–Crippen MR) is 107 cm³/mol. The fourth-order valence-electron chi connectivity index (χ4n) is 1.50. The number of benzene rings is 4. The Hall–Kier alpha value is -2.54. The maximum absolute atomic E-state index is 3.72. The molecule has 0 nitrogen and oxygen atoms in total. The van der Waals surface area contributed by atoms with E-state index >= 15 is 0 Å². The van der Waals surface area contributed by atoms with Gasteiger partial charge >= 0.3 is 21.7 Å². The maximum Gasteiger partial charge on any atom is 4.00 e. The van der Waals surface area contributed by atoms with Crippen molar-refractivity contribution < 1.29 is 21.7 Å². The summed E-state index contributed by atoms with van der Waals surface area (Å²) in [7, 11) is 0. The van der Waals surface area contributed by atoms with Crippen LogP contribution in [0.2, 0.25) is 0 Å². The molecular weight excluding hydrogens is 348 g/mol. The summed E-state index contributed by atoms with van der Waals surface area (Å²) < 4.78 is 0. The van der Waals surface area contributed by atoms with E-state index in [0.29, 0.717) is 0 Å². The monoisotopic (exact) mass is 370 g/mol. The van der Waals surface area contributed by atoms with Gasteiger partial charge in [-0.05, 0) is 0 Å². The van der Waals surface area contributed by atoms with Crippen LogP contribution < -0.4 is 0 Å². The molecule has 0 atom stereocenters. The molecular formula is C25H22Ti. The third-order valence-corrected chi connectivity index (χ3v) is 2.66. The topological polar surface area (TPSA) is 0 Å². The molecule has 0 aliphatic carbocycles. The van der Waals surface area contributed by atoms with Crippen molar-refractivity contribution in [3.8, 4) is 0 Å². The van der Waals surface area contributed by atoms with Crippen LogP contribution in [0.3, 0.4) is 0 Å². The SMILES string of the molecule is [CH2-]c1ccccc1.[Ti+4].[c-]1ccccc1.[c-]1ccccc1.[c-]1ccccc1. The first kappa shape index (κ1) is 23.5. The average Bonchev–Trinajstić information content (AvgIpc) is 2.74. The molecule has 0 radical (unpaired) electrons. The van der Waals surface area contributed by atoms with Crippen molar-refractivity contribution in [2.24, 2.45) is 0 Å². The molecule has 0 bridgehead atoms. The number of hydrogen-bond donors (Lipinski definition) is 0. The fourth-order valence-corrected chi connectivity index (χ4v) is 1.50. The standard InChI is InChI=1S/C7H7.3C6H5.Ti/c1-7-5-3-2-4-6-7;3*1-2-4-6-5-3-1;/h2-6H,1H2;3*1-5H;/q4*-1;+4. The van der Waals surface area contributed by atoms with Crippen LogP contribution in [0.15, 0.2) is 121 Å². The van der Waals surface area contributed by atoms with E-state index in [1.54, 1.807) is 0 Å². The zero-order chi connectivity index (χ0) is 17.8. The minimum Gasteiger partial charge on any atom is -0.199 e. The third kappa shape index (κ3) is 16.3. The van der Waals surface area contributed by atoms with Gasteiger partial charge in [0.2, 0.25) is 0 Å². The summed E-state index contributed by atoms with van der Waals surface area (Å²) in [6, 6.07) is 47.4. The normalized spacial score (nSPS) is 7.85. The van der Waals surface area contributed by atoms with E-state index in [1.807, 2.05) is 121 Å². The van der Waals surface area contributed by atoms with E-state index < -0.39 is 0 Å². The minimum atomic E-state index is 0. The van der Waals surface area contributed by atoms with Gasteiger partial charge in [-0.25, -0.2) is 0 Å². The van der Waals surface area contributed by atoms with Crippen LogP contribution in [-0.2, 0) is 21.7 Å². The van der Waals surface area contributed by atoms with Crippen molar-refractivity contribution >= 4 is 0 Å². The molecule has 0 saturated carbocycles. The second kappa shape index (κ2) is 18.8. The Morgan fingerprint density at radius 2 is 0.692 bits per heavy atom. The van der Waals surface area contributed by atoms with Gasteiger partial charge in [0, 0.05) is 0 Å². The van der Waals surface area contributed by atoms with Gasteiger partial charge in [-0.15, -0.1) is 12.1 Å². The zero-order valence-corrected chi connectivity index (χ0v) is 16.3. The Balaban J connectivity index is 0.000000317. The summed E-state index contributed by atoms with van der Waals surface area (Å²) in [6.07, 6.45) is 0. The quantitative estimate of drug-likeness (QED) is 0.251. The van der Waals surface area contributed by atoms with E-state index in [4.69, 9.17) is 0 Å². The minimum absolute atomic E-state index is 0. The Kier molecular flexibility index (Phi) is 17.0. The molecule has 0 spiro atoms. The van der Waals surface area contributed by atoms with Crippen molar-refractivity contribution in [1.29, 1.82) is 0 Å². The molecule has 0 amide bonds. The molecule has 4 aromatic carbocycles. The molecule has 0 N–H and O–H groups in total. The van der Waals surface area contributed by atoms with Gasteiger partial charge in [0.25, 0.3) is 0 Å². The summed E-state index contributed by atoms with van der Waals surface area (Å²) in [5.74, 6) is 0. The van der Waals surface area contributed by atoms with Gasteiger partial charge in [-0.2, -0.15) is 134 Å². The van der Waals surface area contributed by atoms with Gasteiger partial charge in [-0.3, -0.25) is 0 Å². The molecule has 0 heterocycles. The Morgan fingerprint density at radius 3 is 0.808 bits per heavy atom. The van der Waals surface area contributed by atoms with Gasteiger partial charge < -0.3 is 0 Å². The first-order valence-electron chi connectivity index (χ1n) is 8.00. The Morgan fingerprint density at radius 1 is 0.423 bits per heavy atom. The van der Waals surface area contributed by atoms with Crippen molar-refractivity contribution in [2.75, 3.05) is 0 Å². The van der Waals surface area contributed by atoms with Crippen LogP contribution in [0.25, 0.3) is 0 Å². The zero-order valence-electron chi connectivity index (χ0n) is 14.8. The van der Waals surface area contributed by atoms with Gasteiger partial charge in [0.05, 0.1) is 0 Å². The van der Waals surface area contributed by atoms with Gasteiger partial charge in [-0.1, -0.05) is 6.07 Å². The summed E-state index contributed by atoms with van der Waals surface area (Å²) in [5, 5.41) is 0. The molecule has 0 aromatic heterocycles. The van der Waals surface area contributed by atoms with Crippen LogP contribution in [0, 0.1) is 25.1 Å². The molecule has 0 aliphatic rings. The van der Waals surface area contributed by atoms with Crippen molar-refractivity contribution in [3.05, 3.63) is 152 Å². The summed E-state index contributed by atoms with van der Waals surface area (Å²) in [5.41, 5.74) is 1.07. The number of rotatable bonds is 0. The first-order valence-corrected chi connectivity index (χ1v) is 8.00. The molecule has 26 heavy (non-hydrogen) atoms. The van der Waals surface area contributed by atoms with Crippen LogP contribution in [-0.4, -0.2) is 0 Å². The molecule has 4 aromatic rings. The summed E-state index contributed by atoms with van der Waals surface area (Å²) in [6.45, 7) is 3.72. The second-order valence-corrected chi connectivity index (χ2v) is 4.72. The number of hydrogen-bond acceptors (Lipinski definition) is 0. The van der Waals surface area contributed by atoms with E-state index in [-0.39, 0.29) is 21.7 Å². The molecule has 0 saturated heterocycles. The average molecular weight is 370 g/mol. The molecule has 0 fully saturated rings. The Labute approximate surface area is 173 Å². The molecule has 4 rings (SSSR count). The summed E-state index contributed by atoms with van der Waals surface area (Å²) in [4.78, 5) is 0. The largest absolute Gasteiger partial charge is 4.00 e. The predicted octanol–water partition coefficient (Wildman–Crippen LogP) is 6.33. The third-order valence-electron chi connectivity index (χ3n) is 2.66. The van der Waals surface area contributed by atoms with Crippen molar-refractivity contribution in [2.45, 2.75) is 0 Å². The van der Waals surface area contributed by atoms with Crippen LogP contribution in [0.5, 0.6) is 0 Å². The van der Waals surface area contributed by atoms with Gasteiger partial charge in [0.15, 0.2) is 0 Å². The molecule has 0 unspecified atom stereocenters. The van der Waals surface area contributed by atoms with Crippen LogP contribution in [0.1, 0.15) is 5.56 Å². The van der Waals surface area contributed by atoms with Crippen molar-refractivity contribution in [1.82, 2.24) is 0 Å². The molecule has 1 heteroatoms. The van der Waals surface area contributed by atoms with Crippen molar-refractivity contribution in [3.63, 3.8) is 0 Å². The van der Waals surface area contributed by atoms with Crippen LogP contribution >= 0.6 is 0 Å². The smallest absolute Gasteiger partial charge is 0.199 e. The molecule has 0 aliphatic heterocycles. The first-order chi connectivity index (χ1) is 12.4. The van der Waals surface area contributed by atoms with Crippen LogP contribution in [0.4, 0.5) is 0 Å². The van der Waals surface area contributed by atoms with E-state index in [2.05, 4.69) is 25.1 Å². The Bertz CT molecular complexity index is 541.